The molecule has 206 valence electrons. The first-order valence-corrected chi connectivity index (χ1v) is 14.8. The van der Waals surface area contributed by atoms with Crippen LogP contribution in [0.5, 0.6) is 11.5 Å². The first-order valence-electron chi connectivity index (χ1n) is 14.0. The number of carbonyl (C=O) groups is 2. The van der Waals surface area contributed by atoms with Crippen LogP contribution in [0.1, 0.15) is 50.2 Å². The van der Waals surface area contributed by atoms with Gasteiger partial charge in [-0.1, -0.05) is 12.1 Å². The fraction of sp³-hybridized carbons (Fsp3) is 0.375. The number of hydrogen-bond donors (Lipinski definition) is 0. The number of aromatic nitrogens is 2. The number of hydrogen-bond acceptors (Lipinski definition) is 7. The van der Waals surface area contributed by atoms with Crippen LogP contribution in [0.3, 0.4) is 0 Å². The summed E-state index contributed by atoms with van der Waals surface area (Å²) >= 11 is 1.51. The van der Waals surface area contributed by atoms with E-state index in [0.29, 0.717) is 23.7 Å². The Morgan fingerprint density at radius 2 is 1.90 bits per heavy atom. The molecule has 0 amide bonds. The minimum Gasteiger partial charge on any atom is -0.453 e. The Bertz CT molecular complexity index is 1550. The van der Waals surface area contributed by atoms with E-state index in [1.807, 2.05) is 18.3 Å². The second-order valence-electron chi connectivity index (χ2n) is 11.1. The zero-order chi connectivity index (χ0) is 27.6. The largest absolute Gasteiger partial charge is 0.453 e. The van der Waals surface area contributed by atoms with Gasteiger partial charge in [-0.3, -0.25) is 24.5 Å². The van der Waals surface area contributed by atoms with Crippen molar-refractivity contribution >= 4 is 33.1 Å². The number of thiophene rings is 1. The maximum atomic E-state index is 14.9. The van der Waals surface area contributed by atoms with Crippen molar-refractivity contribution < 1.29 is 18.7 Å². The molecule has 0 N–H and O–H groups in total. The van der Waals surface area contributed by atoms with Crippen LogP contribution in [-0.4, -0.2) is 39.5 Å². The number of ether oxygens (including phenoxy) is 1. The molecular formula is C32H32FN3O3S. The monoisotopic (exact) mass is 557 g/mol. The molecule has 6 nitrogen and oxygen atoms in total. The zero-order valence-electron chi connectivity index (χ0n) is 22.6. The average molecular weight is 558 g/mol. The van der Waals surface area contributed by atoms with Crippen LogP contribution in [0.4, 0.5) is 4.39 Å². The van der Waals surface area contributed by atoms with E-state index >= 15 is 0 Å². The summed E-state index contributed by atoms with van der Waals surface area (Å²) in [6, 6.07) is 12.6. The summed E-state index contributed by atoms with van der Waals surface area (Å²) in [5, 5.41) is 0. The number of Topliss-reactive ketones (excluding diaryl/α,β-unsaturated/α-hetero) is 2. The molecular weight excluding hydrogens is 525 g/mol. The highest BCUT2D eigenvalue weighted by molar-refractivity contribution is 7.22. The van der Waals surface area contributed by atoms with Gasteiger partial charge in [0, 0.05) is 50.3 Å². The van der Waals surface area contributed by atoms with Gasteiger partial charge in [-0.25, -0.2) is 4.39 Å². The van der Waals surface area contributed by atoms with Crippen LogP contribution in [0, 0.1) is 17.7 Å². The van der Waals surface area contributed by atoms with Gasteiger partial charge in [0.25, 0.3) is 0 Å². The van der Waals surface area contributed by atoms with E-state index < -0.39 is 5.82 Å². The van der Waals surface area contributed by atoms with Crippen LogP contribution < -0.4 is 4.74 Å². The quantitative estimate of drug-likeness (QED) is 0.209. The Kier molecular flexibility index (Phi) is 7.71. The summed E-state index contributed by atoms with van der Waals surface area (Å²) in [7, 11) is 0. The standard InChI is InChI=1S/C32H32FN3O3S/c1-20(37)24-3-2-12-36(19-24)18-23-6-8-27(35-17-23)31-16-28-32(40-31)30(10-11-34-28)39-29-9-7-22(15-26(29)33)14-25(38)13-21-4-5-21/h6-11,15-17,21,24H,2-5,12-14,18-19H2,1H3. The molecule has 4 heterocycles. The molecule has 1 saturated heterocycles. The van der Waals surface area contributed by atoms with E-state index in [4.69, 9.17) is 9.72 Å². The lowest BCUT2D eigenvalue weighted by atomic mass is 9.94. The third-order valence-electron chi connectivity index (χ3n) is 7.77. The van der Waals surface area contributed by atoms with Crippen molar-refractivity contribution in [3.63, 3.8) is 0 Å². The lowest BCUT2D eigenvalue weighted by molar-refractivity contribution is -0.122. The number of nitrogens with zero attached hydrogens (tertiary/aromatic N) is 3. The number of rotatable bonds is 10. The lowest BCUT2D eigenvalue weighted by Crippen LogP contribution is -2.37. The van der Waals surface area contributed by atoms with Crippen molar-refractivity contribution in [2.75, 3.05) is 13.1 Å². The summed E-state index contributed by atoms with van der Waals surface area (Å²) in [6.07, 6.45) is 8.67. The van der Waals surface area contributed by atoms with Crippen LogP contribution >= 0.6 is 11.3 Å². The molecule has 1 saturated carbocycles. The van der Waals surface area contributed by atoms with Gasteiger partial charge in [0.2, 0.25) is 0 Å². The van der Waals surface area contributed by atoms with Gasteiger partial charge in [0.05, 0.1) is 20.8 Å². The Morgan fingerprint density at radius 1 is 1.05 bits per heavy atom. The van der Waals surface area contributed by atoms with Gasteiger partial charge < -0.3 is 4.74 Å². The summed E-state index contributed by atoms with van der Waals surface area (Å²) in [4.78, 5) is 36.5. The molecule has 1 aliphatic carbocycles. The first kappa shape index (κ1) is 26.7. The lowest BCUT2D eigenvalue weighted by Gasteiger charge is -2.31. The zero-order valence-corrected chi connectivity index (χ0v) is 23.4. The van der Waals surface area contributed by atoms with E-state index in [1.54, 1.807) is 31.3 Å². The fourth-order valence-corrected chi connectivity index (χ4v) is 6.42. The SMILES string of the molecule is CC(=O)C1CCCN(Cc2ccc(-c3cc4nccc(Oc5ccc(CC(=O)CC6CC6)cc5F)c4s3)nc2)C1. The molecule has 40 heavy (non-hydrogen) atoms. The highest BCUT2D eigenvalue weighted by atomic mass is 32.1. The van der Waals surface area contributed by atoms with Crippen LogP contribution in [-0.2, 0) is 22.6 Å². The van der Waals surface area contributed by atoms with E-state index in [-0.39, 0.29) is 29.7 Å². The molecule has 1 aromatic carbocycles. The van der Waals surface area contributed by atoms with Crippen LogP contribution in [0.2, 0.25) is 0 Å². The molecule has 1 aliphatic heterocycles. The predicted octanol–water partition coefficient (Wildman–Crippen LogP) is 7.00. The highest BCUT2D eigenvalue weighted by Gasteiger charge is 2.25. The number of fused-ring (bicyclic) bond motifs is 1. The Labute approximate surface area is 237 Å². The molecule has 2 fully saturated rings. The Morgan fingerprint density at radius 3 is 2.65 bits per heavy atom. The normalized spacial score (nSPS) is 17.7. The highest BCUT2D eigenvalue weighted by Crippen LogP contribution is 2.39. The molecule has 3 aromatic heterocycles. The fourth-order valence-electron chi connectivity index (χ4n) is 5.37. The first-order chi connectivity index (χ1) is 19.4. The number of halogens is 1. The number of likely N-dealkylation sites (tertiary alicyclic amines) is 1. The van der Waals surface area contributed by atoms with Gasteiger partial charge in [0.1, 0.15) is 17.3 Å². The molecule has 1 atom stereocenters. The molecule has 0 spiro atoms. The third-order valence-corrected chi connectivity index (χ3v) is 8.93. The number of benzene rings is 1. The third kappa shape index (κ3) is 6.29. The number of piperidine rings is 1. The minimum absolute atomic E-state index is 0.119. The number of ketones is 2. The number of pyridine rings is 2. The molecule has 4 aromatic rings. The van der Waals surface area contributed by atoms with Crippen molar-refractivity contribution in [1.29, 1.82) is 0 Å². The van der Waals surface area contributed by atoms with Gasteiger partial charge >= 0.3 is 0 Å². The molecule has 0 bridgehead atoms. The predicted molar refractivity (Wildman–Crippen MR) is 154 cm³/mol. The summed E-state index contributed by atoms with van der Waals surface area (Å²) in [6.45, 7) is 4.28. The maximum absolute atomic E-state index is 14.9. The van der Waals surface area contributed by atoms with Gasteiger partial charge in [-0.2, -0.15) is 0 Å². The second-order valence-corrected chi connectivity index (χ2v) is 12.2. The molecule has 0 radical (unpaired) electrons. The van der Waals surface area contributed by atoms with E-state index in [9.17, 15) is 14.0 Å². The minimum atomic E-state index is -0.487. The summed E-state index contributed by atoms with van der Waals surface area (Å²) in [5.74, 6) is 1.25. The van der Waals surface area contributed by atoms with E-state index in [1.165, 1.54) is 17.4 Å². The van der Waals surface area contributed by atoms with E-state index in [0.717, 1.165) is 71.7 Å². The number of carbonyl (C=O) groups excluding carboxylic acids is 2. The molecule has 6 rings (SSSR count). The van der Waals surface area contributed by atoms with Gasteiger partial charge in [0.15, 0.2) is 11.6 Å². The maximum Gasteiger partial charge on any atom is 0.166 e. The van der Waals surface area contributed by atoms with Gasteiger partial charge in [-0.05, 0) is 80.5 Å². The van der Waals surface area contributed by atoms with Crippen molar-refractivity contribution in [3.8, 4) is 22.1 Å². The van der Waals surface area contributed by atoms with Crippen LogP contribution in [0.15, 0.2) is 54.9 Å². The molecule has 1 unspecified atom stereocenters. The van der Waals surface area contributed by atoms with Crippen molar-refractivity contribution in [2.45, 2.75) is 52.0 Å². The van der Waals surface area contributed by atoms with Crippen molar-refractivity contribution in [1.82, 2.24) is 14.9 Å². The van der Waals surface area contributed by atoms with E-state index in [2.05, 4.69) is 16.0 Å². The second kappa shape index (κ2) is 11.6. The van der Waals surface area contributed by atoms with Gasteiger partial charge in [-0.15, -0.1) is 11.3 Å². The molecule has 8 heteroatoms. The Hall–Kier alpha value is -3.49. The average Bonchev–Trinajstić information content (AvgIpc) is 3.64. The summed E-state index contributed by atoms with van der Waals surface area (Å²) < 4.78 is 21.7. The summed E-state index contributed by atoms with van der Waals surface area (Å²) in [5.41, 5.74) is 3.38. The Balaban J connectivity index is 1.15. The molecule has 2 aliphatic rings. The smallest absolute Gasteiger partial charge is 0.166 e. The van der Waals surface area contributed by atoms with Crippen molar-refractivity contribution in [3.05, 3.63) is 71.8 Å². The topological polar surface area (TPSA) is 72.4 Å². The van der Waals surface area contributed by atoms with Crippen molar-refractivity contribution in [2.24, 2.45) is 11.8 Å². The van der Waals surface area contributed by atoms with Crippen LogP contribution in [0.25, 0.3) is 20.8 Å².